The van der Waals surface area contributed by atoms with Crippen LogP contribution in [0.1, 0.15) is 23.3 Å². The number of hydrogen-bond donors (Lipinski definition) is 3. The second-order valence-electron chi connectivity index (χ2n) is 4.55. The Labute approximate surface area is 130 Å². The smallest absolute Gasteiger partial charge is 0.358 e. The van der Waals surface area contributed by atoms with E-state index < -0.39 is 23.0 Å². The number of ether oxygens (including phenoxy) is 1. The number of unbranched alkanes of at least 4 members (excludes halogenated alkanes) is 1. The van der Waals surface area contributed by atoms with E-state index in [2.05, 4.69) is 9.97 Å². The van der Waals surface area contributed by atoms with Gasteiger partial charge in [-0.05, 0) is 18.6 Å². The van der Waals surface area contributed by atoms with E-state index in [9.17, 15) is 14.7 Å². The van der Waals surface area contributed by atoms with Gasteiger partial charge >= 0.3 is 5.97 Å². The van der Waals surface area contributed by atoms with Gasteiger partial charge in [0.15, 0.2) is 5.69 Å². The van der Waals surface area contributed by atoms with Crippen molar-refractivity contribution in [2.24, 2.45) is 0 Å². The highest BCUT2D eigenvalue weighted by atomic mass is 16.5. The Morgan fingerprint density at radius 2 is 2.22 bits per heavy atom. The van der Waals surface area contributed by atoms with Crippen molar-refractivity contribution >= 4 is 5.97 Å². The average molecular weight is 315 g/mol. The third kappa shape index (κ3) is 3.85. The lowest BCUT2D eigenvalue weighted by molar-refractivity contribution is 0.0686. The zero-order valence-electron chi connectivity index (χ0n) is 11.9. The van der Waals surface area contributed by atoms with Crippen LogP contribution in [0.5, 0.6) is 11.5 Å². The van der Waals surface area contributed by atoms with Crippen LogP contribution in [-0.4, -0.2) is 32.8 Å². The molecule has 3 N–H and O–H groups in total. The first-order valence-corrected chi connectivity index (χ1v) is 6.69. The minimum Gasteiger partial charge on any atom is -0.501 e. The number of H-pyrrole nitrogens is 1. The number of nitrogens with zero attached hydrogens (tertiary/aromatic N) is 2. The number of carbonyl (C=O) groups is 1. The lowest BCUT2D eigenvalue weighted by Crippen LogP contribution is -2.15. The summed E-state index contributed by atoms with van der Waals surface area (Å²) in [4.78, 5) is 28.7. The van der Waals surface area contributed by atoms with Gasteiger partial charge in [0.2, 0.25) is 5.75 Å². The Bertz CT molecular complexity index is 823. The number of aromatic carboxylic acids is 1. The fourth-order valence-corrected chi connectivity index (χ4v) is 1.83. The predicted molar refractivity (Wildman–Crippen MR) is 79.3 cm³/mol. The van der Waals surface area contributed by atoms with Crippen LogP contribution in [0, 0.1) is 11.3 Å². The van der Waals surface area contributed by atoms with Crippen LogP contribution < -0.4 is 10.3 Å². The van der Waals surface area contributed by atoms with Gasteiger partial charge in [0.05, 0.1) is 12.7 Å². The summed E-state index contributed by atoms with van der Waals surface area (Å²) in [7, 11) is 0. The van der Waals surface area contributed by atoms with Crippen molar-refractivity contribution in [2.45, 2.75) is 12.8 Å². The van der Waals surface area contributed by atoms with Gasteiger partial charge in [-0.1, -0.05) is 12.1 Å². The first-order chi connectivity index (χ1) is 11.0. The van der Waals surface area contributed by atoms with Crippen LogP contribution in [-0.2, 0) is 0 Å². The van der Waals surface area contributed by atoms with Gasteiger partial charge < -0.3 is 19.9 Å². The summed E-state index contributed by atoms with van der Waals surface area (Å²) < 4.78 is 5.47. The SMILES string of the molecule is N#CCCCOc1cccc(-c2nc(C(=O)O)c(O)c(=O)[nH]2)c1. The van der Waals surface area contributed by atoms with Crippen LogP contribution in [0.4, 0.5) is 0 Å². The molecular formula is C15H13N3O5. The first kappa shape index (κ1) is 16.0. The molecule has 8 heteroatoms. The van der Waals surface area contributed by atoms with Crippen LogP contribution in [0.2, 0.25) is 0 Å². The van der Waals surface area contributed by atoms with Crippen molar-refractivity contribution in [3.05, 3.63) is 40.3 Å². The van der Waals surface area contributed by atoms with Crippen LogP contribution in [0.15, 0.2) is 29.1 Å². The fraction of sp³-hybridized carbons (Fsp3) is 0.200. The van der Waals surface area contributed by atoms with Crippen molar-refractivity contribution in [3.8, 4) is 29.0 Å². The van der Waals surface area contributed by atoms with E-state index in [0.29, 0.717) is 30.8 Å². The molecule has 0 radical (unpaired) electrons. The molecule has 0 amide bonds. The lowest BCUT2D eigenvalue weighted by atomic mass is 10.2. The maximum Gasteiger partial charge on any atom is 0.358 e. The summed E-state index contributed by atoms with van der Waals surface area (Å²) in [6.07, 6.45) is 0.965. The molecule has 0 aliphatic carbocycles. The van der Waals surface area contributed by atoms with Crippen molar-refractivity contribution in [2.75, 3.05) is 6.61 Å². The molecule has 0 aliphatic heterocycles. The molecule has 118 valence electrons. The Morgan fingerprint density at radius 3 is 2.91 bits per heavy atom. The Hall–Kier alpha value is -3.34. The topological polar surface area (TPSA) is 136 Å². The van der Waals surface area contributed by atoms with Gasteiger partial charge in [0.25, 0.3) is 5.56 Å². The monoisotopic (exact) mass is 315 g/mol. The van der Waals surface area contributed by atoms with E-state index in [-0.39, 0.29) is 5.82 Å². The molecule has 1 aromatic heterocycles. The minimum absolute atomic E-state index is 0.00711. The van der Waals surface area contributed by atoms with E-state index in [0.717, 1.165) is 0 Å². The highest BCUT2D eigenvalue weighted by molar-refractivity contribution is 5.88. The molecular weight excluding hydrogens is 302 g/mol. The van der Waals surface area contributed by atoms with Gasteiger partial charge in [-0.25, -0.2) is 9.78 Å². The highest BCUT2D eigenvalue weighted by Crippen LogP contribution is 2.22. The quantitative estimate of drug-likeness (QED) is 0.687. The number of aromatic amines is 1. The standard InChI is InChI=1S/C15H13N3O5/c16-6-1-2-7-23-10-5-3-4-9(8-10)13-17-11(15(21)22)12(19)14(20)18-13/h3-5,8,19H,1-2,7H2,(H,21,22)(H,17,18,20). The van der Waals surface area contributed by atoms with Gasteiger partial charge in [-0.3, -0.25) is 4.79 Å². The average Bonchev–Trinajstić information content (AvgIpc) is 2.54. The number of aromatic hydroxyl groups is 1. The molecule has 2 aromatic rings. The van der Waals surface area contributed by atoms with E-state index in [4.69, 9.17) is 15.1 Å². The molecule has 0 spiro atoms. The molecule has 0 saturated carbocycles. The Morgan fingerprint density at radius 1 is 1.43 bits per heavy atom. The maximum absolute atomic E-state index is 11.6. The second kappa shape index (κ2) is 7.09. The molecule has 0 atom stereocenters. The number of hydrogen-bond acceptors (Lipinski definition) is 6. The summed E-state index contributed by atoms with van der Waals surface area (Å²) in [6.45, 7) is 0.358. The van der Waals surface area contributed by atoms with Crippen LogP contribution >= 0.6 is 0 Å². The Balaban J connectivity index is 2.30. The first-order valence-electron chi connectivity index (χ1n) is 6.69. The summed E-state index contributed by atoms with van der Waals surface area (Å²) >= 11 is 0. The molecule has 0 unspecified atom stereocenters. The molecule has 0 fully saturated rings. The number of rotatable bonds is 6. The molecule has 1 heterocycles. The predicted octanol–water partition coefficient (Wildman–Crippen LogP) is 1.52. The zero-order valence-corrected chi connectivity index (χ0v) is 11.9. The molecule has 23 heavy (non-hydrogen) atoms. The summed E-state index contributed by atoms with van der Waals surface area (Å²) in [5.41, 5.74) is -1.22. The van der Waals surface area contributed by atoms with Crippen LogP contribution in [0.25, 0.3) is 11.4 Å². The number of carboxylic acid groups (broad SMARTS) is 1. The number of aromatic nitrogens is 2. The number of nitrogens with one attached hydrogen (secondary N) is 1. The molecule has 8 nitrogen and oxygen atoms in total. The van der Waals surface area contributed by atoms with E-state index in [1.165, 1.54) is 0 Å². The van der Waals surface area contributed by atoms with E-state index in [1.807, 2.05) is 6.07 Å². The number of benzene rings is 1. The number of nitriles is 1. The highest BCUT2D eigenvalue weighted by Gasteiger charge is 2.17. The molecule has 2 rings (SSSR count). The largest absolute Gasteiger partial charge is 0.501 e. The second-order valence-corrected chi connectivity index (χ2v) is 4.55. The van der Waals surface area contributed by atoms with Gasteiger partial charge in [0.1, 0.15) is 11.6 Å². The third-order valence-electron chi connectivity index (χ3n) is 2.91. The summed E-state index contributed by atoms with van der Waals surface area (Å²) in [6, 6.07) is 8.54. The van der Waals surface area contributed by atoms with Crippen molar-refractivity contribution in [1.82, 2.24) is 9.97 Å². The normalized spacial score (nSPS) is 10.0. The summed E-state index contributed by atoms with van der Waals surface area (Å²) in [5.74, 6) is -1.94. The minimum atomic E-state index is -1.50. The summed E-state index contributed by atoms with van der Waals surface area (Å²) in [5, 5.41) is 26.8. The third-order valence-corrected chi connectivity index (χ3v) is 2.91. The van der Waals surface area contributed by atoms with Gasteiger partial charge in [-0.2, -0.15) is 5.26 Å². The van der Waals surface area contributed by atoms with Gasteiger partial charge in [0, 0.05) is 12.0 Å². The van der Waals surface area contributed by atoms with E-state index in [1.54, 1.807) is 24.3 Å². The maximum atomic E-state index is 11.6. The molecule has 0 bridgehead atoms. The zero-order chi connectivity index (χ0) is 16.8. The van der Waals surface area contributed by atoms with Crippen LogP contribution in [0.3, 0.4) is 0 Å². The van der Waals surface area contributed by atoms with E-state index >= 15 is 0 Å². The Kier molecular flexibility index (Phi) is 4.94. The molecule has 1 aromatic carbocycles. The van der Waals surface area contributed by atoms with Crippen molar-refractivity contribution in [3.63, 3.8) is 0 Å². The number of carboxylic acids is 1. The van der Waals surface area contributed by atoms with Crippen molar-refractivity contribution < 1.29 is 19.7 Å². The van der Waals surface area contributed by atoms with Gasteiger partial charge in [-0.15, -0.1) is 0 Å². The lowest BCUT2D eigenvalue weighted by Gasteiger charge is -2.08. The van der Waals surface area contributed by atoms with Crippen molar-refractivity contribution in [1.29, 1.82) is 5.26 Å². The molecule has 0 saturated heterocycles. The fourth-order valence-electron chi connectivity index (χ4n) is 1.83. The molecule has 0 aliphatic rings.